The highest BCUT2D eigenvalue weighted by Gasteiger charge is 2.25. The van der Waals surface area contributed by atoms with Gasteiger partial charge in [-0.1, -0.05) is 66.9 Å². The van der Waals surface area contributed by atoms with E-state index in [2.05, 4.69) is 38.7 Å². The number of unbranched alkanes of at least 4 members (excludes halogenated alkanes) is 1. The monoisotopic (exact) mass is 677 g/mol. The van der Waals surface area contributed by atoms with E-state index in [0.29, 0.717) is 45.5 Å². The number of halogens is 3. The molecular formula is C31H34BrCl2N3O5. The molecule has 2 amide bonds. The van der Waals surface area contributed by atoms with Crippen LogP contribution in [0.3, 0.4) is 0 Å². The van der Waals surface area contributed by atoms with Gasteiger partial charge in [-0.3, -0.25) is 9.59 Å². The molecule has 0 aliphatic rings. The van der Waals surface area contributed by atoms with Crippen molar-refractivity contribution < 1.29 is 23.8 Å². The number of hydrazone groups is 1. The van der Waals surface area contributed by atoms with Crippen LogP contribution in [0.5, 0.6) is 17.2 Å². The number of rotatable bonds is 15. The first-order valence-electron chi connectivity index (χ1n) is 13.6. The molecule has 0 saturated carbocycles. The van der Waals surface area contributed by atoms with Gasteiger partial charge in [-0.25, -0.2) is 5.43 Å². The molecule has 0 radical (unpaired) electrons. The number of nitrogens with one attached hydrogen (secondary N) is 2. The SMILES string of the molecule is CCCCOc1c(Br)cc(/C=N\NC(=O)[C@H](Cc2ccccc2)NC(=O)[C@@H](C)Oc2ccc(Cl)cc2Cl)cc1OCC. The molecule has 0 unspecified atom stereocenters. The molecule has 0 aliphatic heterocycles. The highest BCUT2D eigenvalue weighted by Crippen LogP contribution is 2.36. The third-order valence-electron chi connectivity index (χ3n) is 5.95. The summed E-state index contributed by atoms with van der Waals surface area (Å²) in [4.78, 5) is 26.2. The lowest BCUT2D eigenvalue weighted by molar-refractivity contribution is -0.132. The topological polar surface area (TPSA) is 98.2 Å². The maximum absolute atomic E-state index is 13.2. The molecule has 224 valence electrons. The Hall–Kier alpha value is -3.27. The van der Waals surface area contributed by atoms with Crippen LogP contribution in [0.4, 0.5) is 0 Å². The molecule has 0 heterocycles. The Kier molecular flexibility index (Phi) is 13.4. The van der Waals surface area contributed by atoms with Crippen molar-refractivity contribution in [3.05, 3.63) is 86.3 Å². The van der Waals surface area contributed by atoms with Gasteiger partial charge in [0.05, 0.1) is 28.9 Å². The summed E-state index contributed by atoms with van der Waals surface area (Å²) in [7, 11) is 0. The van der Waals surface area contributed by atoms with Crippen LogP contribution in [0, 0.1) is 0 Å². The normalized spacial score (nSPS) is 12.4. The lowest BCUT2D eigenvalue weighted by Gasteiger charge is -2.21. The van der Waals surface area contributed by atoms with Crippen molar-refractivity contribution in [2.45, 2.75) is 52.2 Å². The Bertz CT molecular complexity index is 1370. The first kappa shape index (κ1) is 33.2. The first-order valence-corrected chi connectivity index (χ1v) is 15.1. The second-order valence-corrected chi connectivity index (χ2v) is 11.0. The molecule has 3 aromatic carbocycles. The van der Waals surface area contributed by atoms with Crippen molar-refractivity contribution in [3.63, 3.8) is 0 Å². The predicted molar refractivity (Wildman–Crippen MR) is 170 cm³/mol. The van der Waals surface area contributed by atoms with E-state index in [-0.39, 0.29) is 11.4 Å². The first-order chi connectivity index (χ1) is 20.2. The van der Waals surface area contributed by atoms with E-state index in [1.54, 1.807) is 25.1 Å². The standard InChI is InChI=1S/C31H34BrCl2N3O5/c1-4-6-14-41-29-24(32)15-22(17-28(29)40-5-2)19-35-37-31(39)26(16-21-10-8-7-9-11-21)36-30(38)20(3)42-27-13-12-23(33)18-25(27)34/h7-13,15,17-20,26H,4-6,14,16H2,1-3H3,(H,36,38)(H,37,39)/b35-19-/t20-,26+/m1/s1. The average Bonchev–Trinajstić information content (AvgIpc) is 2.96. The summed E-state index contributed by atoms with van der Waals surface area (Å²) >= 11 is 15.7. The van der Waals surface area contributed by atoms with Gasteiger partial charge in [0.25, 0.3) is 11.8 Å². The fourth-order valence-corrected chi connectivity index (χ4v) is 4.82. The fourth-order valence-electron chi connectivity index (χ4n) is 3.80. The van der Waals surface area contributed by atoms with E-state index in [1.807, 2.05) is 43.3 Å². The van der Waals surface area contributed by atoms with E-state index in [0.717, 1.165) is 18.4 Å². The molecule has 0 spiro atoms. The van der Waals surface area contributed by atoms with Gasteiger partial charge in [-0.2, -0.15) is 5.10 Å². The fraction of sp³-hybridized carbons (Fsp3) is 0.323. The molecule has 2 N–H and O–H groups in total. The summed E-state index contributed by atoms with van der Waals surface area (Å²) in [6, 6.07) is 16.8. The van der Waals surface area contributed by atoms with Crippen molar-refractivity contribution in [1.82, 2.24) is 10.7 Å². The smallest absolute Gasteiger partial charge is 0.262 e. The Morgan fingerprint density at radius 3 is 2.45 bits per heavy atom. The van der Waals surface area contributed by atoms with Crippen LogP contribution in [0.1, 0.15) is 44.7 Å². The zero-order valence-electron chi connectivity index (χ0n) is 23.7. The molecule has 0 aromatic heterocycles. The molecule has 0 aliphatic carbocycles. The molecule has 0 fully saturated rings. The minimum atomic E-state index is -0.939. The molecular weight excluding hydrogens is 645 g/mol. The van der Waals surface area contributed by atoms with Gasteiger partial charge in [0, 0.05) is 11.4 Å². The number of carbonyl (C=O) groups is 2. The van der Waals surface area contributed by atoms with Gasteiger partial charge in [-0.15, -0.1) is 0 Å². The molecule has 42 heavy (non-hydrogen) atoms. The van der Waals surface area contributed by atoms with E-state index in [9.17, 15) is 9.59 Å². The Labute approximate surface area is 264 Å². The van der Waals surface area contributed by atoms with Crippen LogP contribution >= 0.6 is 39.1 Å². The second-order valence-electron chi connectivity index (χ2n) is 9.28. The van der Waals surface area contributed by atoms with Crippen LogP contribution < -0.4 is 25.0 Å². The lowest BCUT2D eigenvalue weighted by atomic mass is 10.1. The zero-order valence-corrected chi connectivity index (χ0v) is 26.8. The molecule has 3 rings (SSSR count). The second kappa shape index (κ2) is 17.0. The Morgan fingerprint density at radius 1 is 1.00 bits per heavy atom. The van der Waals surface area contributed by atoms with Gasteiger partial charge < -0.3 is 19.5 Å². The van der Waals surface area contributed by atoms with Gasteiger partial charge in [0.2, 0.25) is 0 Å². The van der Waals surface area contributed by atoms with Crippen LogP contribution in [0.25, 0.3) is 0 Å². The summed E-state index contributed by atoms with van der Waals surface area (Å²) in [6.07, 6.45) is 2.74. The minimum Gasteiger partial charge on any atom is -0.490 e. The number of hydrogen-bond acceptors (Lipinski definition) is 6. The maximum Gasteiger partial charge on any atom is 0.262 e. The van der Waals surface area contributed by atoms with Crippen LogP contribution in [-0.4, -0.2) is 43.4 Å². The number of ether oxygens (including phenoxy) is 3. The van der Waals surface area contributed by atoms with Crippen molar-refractivity contribution in [2.24, 2.45) is 5.10 Å². The van der Waals surface area contributed by atoms with Crippen molar-refractivity contribution >= 4 is 57.2 Å². The Balaban J connectivity index is 1.72. The highest BCUT2D eigenvalue weighted by molar-refractivity contribution is 9.10. The van der Waals surface area contributed by atoms with Gasteiger partial charge in [0.1, 0.15) is 11.8 Å². The van der Waals surface area contributed by atoms with Gasteiger partial charge in [-0.05, 0) is 77.7 Å². The quantitative estimate of drug-likeness (QED) is 0.103. The number of amides is 2. The molecule has 2 atom stereocenters. The van der Waals surface area contributed by atoms with Crippen LogP contribution in [-0.2, 0) is 16.0 Å². The number of hydrogen-bond donors (Lipinski definition) is 2. The molecule has 11 heteroatoms. The summed E-state index contributed by atoms with van der Waals surface area (Å²) in [6.45, 7) is 6.59. The lowest BCUT2D eigenvalue weighted by Crippen LogP contribution is -2.50. The van der Waals surface area contributed by atoms with Gasteiger partial charge >= 0.3 is 0 Å². The predicted octanol–water partition coefficient (Wildman–Crippen LogP) is 6.98. The molecule has 0 bridgehead atoms. The zero-order chi connectivity index (χ0) is 30.5. The average molecular weight is 679 g/mol. The minimum absolute atomic E-state index is 0.242. The van der Waals surface area contributed by atoms with Crippen LogP contribution in [0.2, 0.25) is 10.0 Å². The summed E-state index contributed by atoms with van der Waals surface area (Å²) in [5, 5.41) is 7.63. The summed E-state index contributed by atoms with van der Waals surface area (Å²) in [5.74, 6) is 0.499. The molecule has 0 saturated heterocycles. The van der Waals surface area contributed by atoms with E-state index in [1.165, 1.54) is 12.3 Å². The largest absolute Gasteiger partial charge is 0.490 e. The number of nitrogens with zero attached hydrogens (tertiary/aromatic N) is 1. The molecule has 8 nitrogen and oxygen atoms in total. The van der Waals surface area contributed by atoms with Gasteiger partial charge in [0.15, 0.2) is 17.6 Å². The van der Waals surface area contributed by atoms with E-state index in [4.69, 9.17) is 37.4 Å². The van der Waals surface area contributed by atoms with E-state index >= 15 is 0 Å². The van der Waals surface area contributed by atoms with Crippen molar-refractivity contribution in [2.75, 3.05) is 13.2 Å². The number of carbonyl (C=O) groups excluding carboxylic acids is 2. The van der Waals surface area contributed by atoms with Crippen LogP contribution in [0.15, 0.2) is 70.2 Å². The van der Waals surface area contributed by atoms with Crippen molar-refractivity contribution in [1.29, 1.82) is 0 Å². The van der Waals surface area contributed by atoms with E-state index < -0.39 is 24.0 Å². The van der Waals surface area contributed by atoms with Crippen molar-refractivity contribution in [3.8, 4) is 17.2 Å². The number of benzene rings is 3. The maximum atomic E-state index is 13.2. The third-order valence-corrected chi connectivity index (χ3v) is 7.07. The third kappa shape index (κ3) is 10.2. The highest BCUT2D eigenvalue weighted by atomic mass is 79.9. The molecule has 3 aromatic rings. The Morgan fingerprint density at radius 2 is 1.76 bits per heavy atom. The summed E-state index contributed by atoms with van der Waals surface area (Å²) < 4.78 is 18.1. The summed E-state index contributed by atoms with van der Waals surface area (Å²) in [5.41, 5.74) is 4.08.